The molecule has 0 radical (unpaired) electrons. The molecular formula is C15H21N3O2S. The van der Waals surface area contributed by atoms with Crippen LogP contribution in [0.15, 0.2) is 32.7 Å². The number of H-pyrrole nitrogens is 2. The van der Waals surface area contributed by atoms with E-state index in [1.165, 1.54) is 24.8 Å². The Bertz CT molecular complexity index is 708. The molecule has 1 aromatic heterocycles. The van der Waals surface area contributed by atoms with Crippen LogP contribution in [-0.4, -0.2) is 16.0 Å². The highest BCUT2D eigenvalue weighted by atomic mass is 32.2. The molecule has 2 rings (SSSR count). The molecule has 0 spiro atoms. The molecule has 114 valence electrons. The van der Waals surface area contributed by atoms with Gasteiger partial charge in [0.25, 0.3) is 5.56 Å². The van der Waals surface area contributed by atoms with E-state index in [-0.39, 0.29) is 5.56 Å². The van der Waals surface area contributed by atoms with Gasteiger partial charge in [0.05, 0.1) is 10.9 Å². The number of aromatic amines is 2. The Balaban J connectivity index is 2.12. The summed E-state index contributed by atoms with van der Waals surface area (Å²) in [6.07, 6.45) is 4.64. The second-order valence-electron chi connectivity index (χ2n) is 5.08. The zero-order valence-corrected chi connectivity index (χ0v) is 13.2. The van der Waals surface area contributed by atoms with Crippen molar-refractivity contribution < 1.29 is 0 Å². The number of hydrogen-bond donors (Lipinski definition) is 3. The van der Waals surface area contributed by atoms with Crippen LogP contribution in [0.25, 0.3) is 10.9 Å². The smallest absolute Gasteiger partial charge is 0.307 e. The fraction of sp³-hybridized carbons (Fsp3) is 0.467. The Morgan fingerprint density at radius 1 is 1.24 bits per heavy atom. The number of benzene rings is 1. The Morgan fingerprint density at radius 2 is 2.05 bits per heavy atom. The molecule has 2 aromatic rings. The predicted octanol–water partition coefficient (Wildman–Crippen LogP) is 2.78. The van der Waals surface area contributed by atoms with E-state index in [2.05, 4.69) is 28.5 Å². The second kappa shape index (κ2) is 7.47. The zero-order valence-electron chi connectivity index (χ0n) is 12.4. The van der Waals surface area contributed by atoms with Crippen molar-refractivity contribution in [3.63, 3.8) is 0 Å². The van der Waals surface area contributed by atoms with Gasteiger partial charge in [-0.3, -0.25) is 14.5 Å². The lowest BCUT2D eigenvalue weighted by Gasteiger charge is -2.15. The maximum absolute atomic E-state index is 11.8. The average Bonchev–Trinajstić information content (AvgIpc) is 2.47. The molecule has 1 aromatic carbocycles. The minimum Gasteiger partial charge on any atom is -0.307 e. The second-order valence-corrected chi connectivity index (χ2v) is 5.99. The first-order valence-corrected chi connectivity index (χ1v) is 8.14. The Morgan fingerprint density at radius 3 is 2.76 bits per heavy atom. The fourth-order valence-electron chi connectivity index (χ4n) is 2.16. The molecule has 1 heterocycles. The average molecular weight is 307 g/mol. The molecule has 5 nitrogen and oxygen atoms in total. The summed E-state index contributed by atoms with van der Waals surface area (Å²) in [7, 11) is 0. The third-order valence-corrected chi connectivity index (χ3v) is 4.39. The van der Waals surface area contributed by atoms with Gasteiger partial charge in [-0.25, -0.2) is 4.79 Å². The first-order chi connectivity index (χ1) is 10.1. The van der Waals surface area contributed by atoms with Gasteiger partial charge in [0, 0.05) is 10.9 Å². The van der Waals surface area contributed by atoms with Crippen molar-refractivity contribution in [3.05, 3.63) is 39.0 Å². The molecule has 0 bridgehead atoms. The summed E-state index contributed by atoms with van der Waals surface area (Å²) < 4.78 is 3.45. The van der Waals surface area contributed by atoms with Crippen LogP contribution in [0.1, 0.15) is 39.5 Å². The van der Waals surface area contributed by atoms with Crippen molar-refractivity contribution in [1.82, 2.24) is 14.7 Å². The van der Waals surface area contributed by atoms with Crippen LogP contribution in [0, 0.1) is 0 Å². The summed E-state index contributed by atoms with van der Waals surface area (Å²) in [5, 5.41) is 0.503. The summed E-state index contributed by atoms with van der Waals surface area (Å²) >= 11 is 1.54. The molecule has 0 amide bonds. The molecule has 0 fully saturated rings. The van der Waals surface area contributed by atoms with Gasteiger partial charge in [-0.1, -0.05) is 26.7 Å². The van der Waals surface area contributed by atoms with Crippen molar-refractivity contribution in [3.8, 4) is 0 Å². The van der Waals surface area contributed by atoms with E-state index >= 15 is 0 Å². The van der Waals surface area contributed by atoms with Crippen LogP contribution in [0.4, 0.5) is 0 Å². The summed E-state index contributed by atoms with van der Waals surface area (Å²) in [5.41, 5.74) is -0.267. The van der Waals surface area contributed by atoms with E-state index in [4.69, 9.17) is 0 Å². The van der Waals surface area contributed by atoms with Gasteiger partial charge in [0.1, 0.15) is 0 Å². The van der Waals surface area contributed by atoms with Crippen molar-refractivity contribution in [2.45, 2.75) is 50.5 Å². The zero-order chi connectivity index (χ0) is 15.2. The molecule has 1 unspecified atom stereocenters. The van der Waals surface area contributed by atoms with E-state index in [0.29, 0.717) is 16.9 Å². The highest BCUT2D eigenvalue weighted by Gasteiger charge is 2.07. The minimum absolute atomic E-state index is 0.353. The van der Waals surface area contributed by atoms with E-state index in [1.807, 2.05) is 6.07 Å². The maximum Gasteiger partial charge on any atom is 0.326 e. The summed E-state index contributed by atoms with van der Waals surface area (Å²) in [5.74, 6) is 0. The van der Waals surface area contributed by atoms with E-state index in [9.17, 15) is 9.59 Å². The third kappa shape index (κ3) is 4.22. The summed E-state index contributed by atoms with van der Waals surface area (Å²) in [6.45, 7) is 4.36. The van der Waals surface area contributed by atoms with Gasteiger partial charge in [0.15, 0.2) is 0 Å². The van der Waals surface area contributed by atoms with Gasteiger partial charge in [-0.2, -0.15) is 0 Å². The molecule has 0 saturated carbocycles. The van der Waals surface area contributed by atoms with Crippen LogP contribution < -0.4 is 16.0 Å². The van der Waals surface area contributed by atoms with E-state index < -0.39 is 5.69 Å². The molecule has 3 N–H and O–H groups in total. The normalized spacial score (nSPS) is 12.7. The first kappa shape index (κ1) is 15.9. The largest absolute Gasteiger partial charge is 0.326 e. The van der Waals surface area contributed by atoms with Crippen molar-refractivity contribution in [2.75, 3.05) is 0 Å². The van der Waals surface area contributed by atoms with Crippen molar-refractivity contribution in [2.24, 2.45) is 0 Å². The van der Waals surface area contributed by atoms with Gasteiger partial charge in [-0.15, -0.1) is 0 Å². The van der Waals surface area contributed by atoms with Gasteiger partial charge in [-0.05, 0) is 43.0 Å². The van der Waals surface area contributed by atoms with Crippen molar-refractivity contribution >= 4 is 22.9 Å². The standard InChI is InChI=1S/C15H21N3O2S/c1-3-5-6-10(4-2)18-21-11-7-8-13-12(9-11)14(19)17-15(20)16-13/h7-10,18H,3-6H2,1-2H3,(H2,16,17,19,20). The maximum atomic E-state index is 11.8. The molecule has 6 heteroatoms. The van der Waals surface area contributed by atoms with Crippen LogP contribution in [-0.2, 0) is 0 Å². The number of hydrogen-bond acceptors (Lipinski definition) is 4. The topological polar surface area (TPSA) is 77.8 Å². The van der Waals surface area contributed by atoms with Crippen LogP contribution in [0.2, 0.25) is 0 Å². The molecule has 1 atom stereocenters. The molecule has 0 aliphatic carbocycles. The SMILES string of the molecule is CCCCC(CC)NSc1ccc2[nH]c(=O)[nH]c(=O)c2c1. The lowest BCUT2D eigenvalue weighted by Crippen LogP contribution is -2.22. The first-order valence-electron chi connectivity index (χ1n) is 7.32. The number of aromatic nitrogens is 2. The number of unbranched alkanes of at least 4 members (excludes halogenated alkanes) is 1. The van der Waals surface area contributed by atoms with E-state index in [1.54, 1.807) is 12.1 Å². The Labute approximate surface area is 127 Å². The van der Waals surface area contributed by atoms with Crippen LogP contribution in [0.5, 0.6) is 0 Å². The molecule has 0 saturated heterocycles. The fourth-order valence-corrected chi connectivity index (χ4v) is 3.06. The number of fused-ring (bicyclic) bond motifs is 1. The summed E-state index contributed by atoms with van der Waals surface area (Å²) in [4.78, 5) is 28.8. The molecule has 21 heavy (non-hydrogen) atoms. The lowest BCUT2D eigenvalue weighted by molar-refractivity contribution is 0.535. The van der Waals surface area contributed by atoms with Gasteiger partial charge < -0.3 is 4.98 Å². The number of nitrogens with one attached hydrogen (secondary N) is 3. The summed E-state index contributed by atoms with van der Waals surface area (Å²) in [6, 6.07) is 5.94. The van der Waals surface area contributed by atoms with E-state index in [0.717, 1.165) is 17.7 Å². The number of rotatable bonds is 7. The Hall–Kier alpha value is -1.53. The highest BCUT2D eigenvalue weighted by Crippen LogP contribution is 2.20. The van der Waals surface area contributed by atoms with Crippen molar-refractivity contribution in [1.29, 1.82) is 0 Å². The van der Waals surface area contributed by atoms with Crippen LogP contribution >= 0.6 is 11.9 Å². The predicted molar refractivity (Wildman–Crippen MR) is 87.8 cm³/mol. The minimum atomic E-state index is -0.475. The molecule has 0 aliphatic heterocycles. The molecule has 0 aliphatic rings. The quantitative estimate of drug-likeness (QED) is 0.687. The third-order valence-electron chi connectivity index (χ3n) is 3.45. The van der Waals surface area contributed by atoms with Gasteiger partial charge >= 0.3 is 5.69 Å². The van der Waals surface area contributed by atoms with Crippen LogP contribution in [0.3, 0.4) is 0 Å². The Kier molecular flexibility index (Phi) is 5.64. The highest BCUT2D eigenvalue weighted by molar-refractivity contribution is 7.97. The molecular weight excluding hydrogens is 286 g/mol. The monoisotopic (exact) mass is 307 g/mol. The van der Waals surface area contributed by atoms with Gasteiger partial charge in [0.2, 0.25) is 0 Å². The lowest BCUT2D eigenvalue weighted by atomic mass is 10.1.